The molecule has 266 valence electrons. The molecule has 5 nitrogen and oxygen atoms in total. The number of fused-ring (bicyclic) bond motifs is 9. The second-order valence-corrected chi connectivity index (χ2v) is 14.9. The lowest BCUT2D eigenvalue weighted by atomic mass is 9.98. The van der Waals surface area contributed by atoms with Crippen molar-refractivity contribution in [2.75, 3.05) is 0 Å². The third-order valence-corrected chi connectivity index (χ3v) is 11.8. The fraction of sp³-hybridized carbons (Fsp3) is 0. The molecule has 4 aromatic heterocycles. The molecule has 0 unspecified atom stereocenters. The first-order chi connectivity index (χ1) is 30.7. The molecule has 12 rings (SSSR count). The van der Waals surface area contributed by atoms with Crippen molar-refractivity contribution < 1.29 is 12.6 Å². The summed E-state index contributed by atoms with van der Waals surface area (Å²) in [5, 5.41) is 4.66. The van der Waals surface area contributed by atoms with Gasteiger partial charge >= 0.3 is 0 Å². The van der Waals surface area contributed by atoms with Crippen molar-refractivity contribution in [3.63, 3.8) is 0 Å². The Morgan fingerprint density at radius 3 is 1.88 bits per heavy atom. The van der Waals surface area contributed by atoms with Crippen molar-refractivity contribution in [3.8, 4) is 51.0 Å². The second kappa shape index (κ2) is 12.6. The molecule has 0 saturated heterocycles. The van der Waals surface area contributed by atoms with Gasteiger partial charge in [0.25, 0.3) is 0 Å². The number of hydrogen-bond acceptors (Lipinski definition) is 5. The predicted molar refractivity (Wildman–Crippen MR) is 236 cm³/mol. The van der Waals surface area contributed by atoms with E-state index in [9.17, 15) is 1.37 Å². The zero-order chi connectivity index (χ0) is 42.7. The summed E-state index contributed by atoms with van der Waals surface area (Å²) in [7, 11) is 0. The molecule has 12 aromatic rings. The highest BCUT2D eigenvalue weighted by Gasteiger charge is 2.21. The zero-order valence-electron chi connectivity index (χ0n) is 36.0. The molecule has 8 aromatic carbocycles. The van der Waals surface area contributed by atoms with E-state index in [0.29, 0.717) is 54.6 Å². The van der Waals surface area contributed by atoms with Crippen molar-refractivity contribution in [2.24, 2.45) is 0 Å². The maximum absolute atomic E-state index is 9.50. The molecule has 0 amide bonds. The van der Waals surface area contributed by atoms with Gasteiger partial charge in [-0.05, 0) is 42.4 Å². The number of thiophene rings is 1. The first-order valence-corrected chi connectivity index (χ1v) is 19.3. The number of nitrogens with zero attached hydrogens (tertiary/aromatic N) is 4. The maximum atomic E-state index is 9.50. The van der Waals surface area contributed by atoms with E-state index in [1.165, 1.54) is 17.4 Å². The Morgan fingerprint density at radius 2 is 1.09 bits per heavy atom. The Kier molecular flexibility index (Phi) is 5.82. The van der Waals surface area contributed by atoms with E-state index in [1.54, 1.807) is 0 Å². The van der Waals surface area contributed by atoms with Crippen molar-refractivity contribution >= 4 is 75.3 Å². The molecular formula is C51H30N4OS. The minimum absolute atomic E-state index is 0.0629. The van der Waals surface area contributed by atoms with Crippen LogP contribution in [0.5, 0.6) is 0 Å². The molecule has 4 heterocycles. The summed E-state index contributed by atoms with van der Waals surface area (Å²) in [6.45, 7) is 0. The van der Waals surface area contributed by atoms with E-state index in [1.807, 2.05) is 115 Å². The summed E-state index contributed by atoms with van der Waals surface area (Å²) in [4.78, 5) is 15.2. The van der Waals surface area contributed by atoms with Crippen molar-refractivity contribution in [1.82, 2.24) is 19.5 Å². The number of para-hydroxylation sites is 3. The molecule has 0 saturated carbocycles. The molecule has 0 N–H and O–H groups in total. The minimum atomic E-state index is -0.299. The lowest BCUT2D eigenvalue weighted by Gasteiger charge is -2.17. The smallest absolute Gasteiger partial charge is 0.164 e. The van der Waals surface area contributed by atoms with Crippen LogP contribution in [0.15, 0.2) is 186 Å². The number of furan rings is 1. The van der Waals surface area contributed by atoms with Crippen LogP contribution in [0.4, 0.5) is 0 Å². The van der Waals surface area contributed by atoms with Gasteiger partial charge in [-0.15, -0.1) is 11.3 Å². The molecule has 6 heteroatoms. The van der Waals surface area contributed by atoms with Gasteiger partial charge in [0.2, 0.25) is 0 Å². The summed E-state index contributed by atoms with van der Waals surface area (Å²) in [5.74, 6) is 1.36. The van der Waals surface area contributed by atoms with Gasteiger partial charge in [-0.3, -0.25) is 0 Å². The van der Waals surface area contributed by atoms with Gasteiger partial charge in [0.05, 0.1) is 24.9 Å². The van der Waals surface area contributed by atoms with Crippen LogP contribution < -0.4 is 0 Å². The van der Waals surface area contributed by atoms with Crippen LogP contribution in [0.2, 0.25) is 0 Å². The average Bonchev–Trinajstić information content (AvgIpc) is 4.01. The first kappa shape index (κ1) is 26.4. The third kappa shape index (κ3) is 5.04. The van der Waals surface area contributed by atoms with Gasteiger partial charge in [0.15, 0.2) is 17.5 Å². The summed E-state index contributed by atoms with van der Waals surface area (Å²) in [6, 6.07) is 46.4. The Hall–Kier alpha value is -7.41. The van der Waals surface area contributed by atoms with Crippen molar-refractivity contribution in [2.45, 2.75) is 0 Å². The van der Waals surface area contributed by atoms with Crippen LogP contribution in [-0.4, -0.2) is 19.5 Å². The zero-order valence-corrected chi connectivity index (χ0v) is 30.8. The van der Waals surface area contributed by atoms with E-state index < -0.39 is 0 Å². The number of rotatable bonds is 5. The van der Waals surface area contributed by atoms with Gasteiger partial charge in [-0.1, -0.05) is 139 Å². The first-order valence-electron chi connectivity index (χ1n) is 21.5. The highest BCUT2D eigenvalue weighted by Crippen LogP contribution is 2.44. The van der Waals surface area contributed by atoms with Crippen LogP contribution in [-0.2, 0) is 0 Å². The quantitative estimate of drug-likeness (QED) is 0.176. The Bertz CT molecular complexity index is 3840. The van der Waals surface area contributed by atoms with Gasteiger partial charge in [-0.2, -0.15) is 0 Å². The third-order valence-electron chi connectivity index (χ3n) is 10.6. The van der Waals surface area contributed by atoms with Crippen LogP contribution in [0.1, 0.15) is 8.22 Å². The van der Waals surface area contributed by atoms with Crippen molar-refractivity contribution in [3.05, 3.63) is 182 Å². The van der Waals surface area contributed by atoms with Gasteiger partial charge in [0, 0.05) is 69.5 Å². The Labute approximate surface area is 339 Å². The largest absolute Gasteiger partial charge is 0.456 e. The highest BCUT2D eigenvalue weighted by molar-refractivity contribution is 7.26. The lowest BCUT2D eigenvalue weighted by Crippen LogP contribution is -2.02. The molecular weight excluding hydrogens is 717 g/mol. The molecule has 57 heavy (non-hydrogen) atoms. The molecule has 0 fully saturated rings. The standard InChI is InChI=1S/C51H30N4OS/c1-2-13-31(14-3-1)49-52-50(54-51(53-49)33-26-28-38-37-17-6-10-23-45(37)56-46(38)30-33)32-25-27-36(40-19-12-20-41-39-18-7-11-24-47(39)57-48(40)41)44(29-32)55-42-21-8-4-15-34(42)35-16-5-9-22-43(35)55/h1-30H/i7D,12D,18D,19D,20D,24D. The summed E-state index contributed by atoms with van der Waals surface area (Å²) >= 11 is 1.22. The average molecular weight is 753 g/mol. The highest BCUT2D eigenvalue weighted by atomic mass is 32.1. The molecule has 0 spiro atoms. The molecule has 0 bridgehead atoms. The monoisotopic (exact) mass is 752 g/mol. The topological polar surface area (TPSA) is 56.7 Å². The molecule has 0 aliphatic carbocycles. The molecule has 0 atom stereocenters. The van der Waals surface area contributed by atoms with Gasteiger partial charge < -0.3 is 8.98 Å². The SMILES string of the molecule is [2H]c1cc([2H])c2sc3c(-c4ccc(-c5nc(-c6ccccc6)nc(-c6ccc7c(c6)oc6ccccc67)n5)cc4-n4c5ccccc5c5ccccc54)c([2H])c([2H])c([2H])c3c2c1[2H]. The van der Waals surface area contributed by atoms with Crippen LogP contribution in [0.25, 0.3) is 115 Å². The van der Waals surface area contributed by atoms with E-state index in [-0.39, 0.29) is 41.6 Å². The molecule has 0 radical (unpaired) electrons. The summed E-state index contributed by atoms with van der Waals surface area (Å²) in [5.41, 5.74) is 7.28. The molecule has 0 aliphatic rings. The number of aromatic nitrogens is 4. The van der Waals surface area contributed by atoms with Crippen molar-refractivity contribution in [1.29, 1.82) is 0 Å². The fourth-order valence-electron chi connectivity index (χ4n) is 8.02. The summed E-state index contributed by atoms with van der Waals surface area (Å²) < 4.78 is 63.2. The minimum Gasteiger partial charge on any atom is -0.456 e. The second-order valence-electron chi connectivity index (χ2n) is 13.9. The van der Waals surface area contributed by atoms with Crippen LogP contribution in [0.3, 0.4) is 0 Å². The summed E-state index contributed by atoms with van der Waals surface area (Å²) in [6.07, 6.45) is 0. The van der Waals surface area contributed by atoms with Crippen LogP contribution >= 0.6 is 11.3 Å². The van der Waals surface area contributed by atoms with E-state index in [2.05, 4.69) is 28.8 Å². The van der Waals surface area contributed by atoms with Gasteiger partial charge in [0.1, 0.15) is 11.2 Å². The van der Waals surface area contributed by atoms with E-state index >= 15 is 0 Å². The Morgan fingerprint density at radius 1 is 0.456 bits per heavy atom. The normalized spacial score (nSPS) is 13.3. The Balaban J connectivity index is 1.16. The van der Waals surface area contributed by atoms with Gasteiger partial charge in [-0.25, -0.2) is 15.0 Å². The molecule has 0 aliphatic heterocycles. The fourth-order valence-corrected chi connectivity index (χ4v) is 9.12. The predicted octanol–water partition coefficient (Wildman–Crippen LogP) is 13.9. The number of benzene rings is 8. The number of hydrogen-bond donors (Lipinski definition) is 0. The van der Waals surface area contributed by atoms with E-state index in [4.69, 9.17) is 26.2 Å². The lowest BCUT2D eigenvalue weighted by molar-refractivity contribution is 0.669. The van der Waals surface area contributed by atoms with E-state index in [0.717, 1.165) is 54.9 Å². The van der Waals surface area contributed by atoms with Crippen LogP contribution in [0, 0.1) is 0 Å². The maximum Gasteiger partial charge on any atom is 0.164 e.